The SMILES string of the molecule is CC(C(=O)N(C)CC1(O)CCCC1)C1CNC1. The van der Waals surface area contributed by atoms with Crippen LogP contribution in [0.2, 0.25) is 0 Å². The Bertz CT molecular complexity index is 283. The third-order valence-corrected chi connectivity index (χ3v) is 4.35. The molecule has 1 aliphatic heterocycles. The molecule has 2 fully saturated rings. The minimum absolute atomic E-state index is 0.0752. The van der Waals surface area contributed by atoms with Gasteiger partial charge in [0, 0.05) is 19.5 Å². The molecule has 0 aromatic heterocycles. The van der Waals surface area contributed by atoms with Crippen LogP contribution in [0.25, 0.3) is 0 Å². The van der Waals surface area contributed by atoms with Crippen LogP contribution >= 0.6 is 0 Å². The van der Waals surface area contributed by atoms with E-state index < -0.39 is 5.60 Å². The van der Waals surface area contributed by atoms with Gasteiger partial charge in [-0.2, -0.15) is 0 Å². The highest BCUT2D eigenvalue weighted by molar-refractivity contribution is 5.78. The van der Waals surface area contributed by atoms with Crippen LogP contribution in [0.4, 0.5) is 0 Å². The van der Waals surface area contributed by atoms with Crippen molar-refractivity contribution in [3.63, 3.8) is 0 Å². The zero-order chi connectivity index (χ0) is 12.5. The van der Waals surface area contributed by atoms with E-state index in [9.17, 15) is 9.90 Å². The van der Waals surface area contributed by atoms with E-state index in [2.05, 4.69) is 5.32 Å². The second kappa shape index (κ2) is 4.94. The average Bonchev–Trinajstić information content (AvgIpc) is 2.60. The highest BCUT2D eigenvalue weighted by atomic mass is 16.3. The minimum Gasteiger partial charge on any atom is -0.388 e. The maximum atomic E-state index is 12.2. The number of nitrogens with one attached hydrogen (secondary N) is 1. The summed E-state index contributed by atoms with van der Waals surface area (Å²) in [6, 6.07) is 0. The summed E-state index contributed by atoms with van der Waals surface area (Å²) in [5, 5.41) is 13.5. The fourth-order valence-electron chi connectivity index (χ4n) is 2.92. The Morgan fingerprint density at radius 3 is 2.53 bits per heavy atom. The quantitative estimate of drug-likeness (QED) is 0.757. The van der Waals surface area contributed by atoms with Crippen molar-refractivity contribution in [3.05, 3.63) is 0 Å². The van der Waals surface area contributed by atoms with E-state index in [1.165, 1.54) is 0 Å². The third kappa shape index (κ3) is 2.80. The van der Waals surface area contributed by atoms with Gasteiger partial charge in [-0.1, -0.05) is 19.8 Å². The molecule has 2 rings (SSSR count). The van der Waals surface area contributed by atoms with E-state index in [1.54, 1.807) is 4.90 Å². The summed E-state index contributed by atoms with van der Waals surface area (Å²) in [4.78, 5) is 13.9. The molecular weight excluding hydrogens is 216 g/mol. The minimum atomic E-state index is -0.623. The van der Waals surface area contributed by atoms with Crippen molar-refractivity contribution < 1.29 is 9.90 Å². The molecule has 0 radical (unpaired) electrons. The highest BCUT2D eigenvalue weighted by Crippen LogP contribution is 2.30. The lowest BCUT2D eigenvalue weighted by Crippen LogP contribution is -2.51. The van der Waals surface area contributed by atoms with Crippen LogP contribution < -0.4 is 5.32 Å². The molecule has 1 heterocycles. The smallest absolute Gasteiger partial charge is 0.225 e. The van der Waals surface area contributed by atoms with E-state index in [0.717, 1.165) is 38.8 Å². The highest BCUT2D eigenvalue weighted by Gasteiger charge is 2.36. The zero-order valence-electron chi connectivity index (χ0n) is 10.9. The number of rotatable bonds is 4. The van der Waals surface area contributed by atoms with Crippen LogP contribution in [0.1, 0.15) is 32.6 Å². The van der Waals surface area contributed by atoms with Gasteiger partial charge in [0.1, 0.15) is 0 Å². The number of amides is 1. The summed E-state index contributed by atoms with van der Waals surface area (Å²) in [6.07, 6.45) is 3.84. The normalized spacial score (nSPS) is 25.4. The Labute approximate surface area is 103 Å². The Morgan fingerprint density at radius 2 is 2.06 bits per heavy atom. The van der Waals surface area contributed by atoms with Gasteiger partial charge in [0.2, 0.25) is 5.91 Å². The van der Waals surface area contributed by atoms with Gasteiger partial charge in [0.15, 0.2) is 0 Å². The summed E-state index contributed by atoms with van der Waals surface area (Å²) in [6.45, 7) is 4.40. The molecule has 1 saturated heterocycles. The topological polar surface area (TPSA) is 52.6 Å². The van der Waals surface area contributed by atoms with Crippen molar-refractivity contribution in [3.8, 4) is 0 Å². The summed E-state index contributed by atoms with van der Waals surface area (Å²) in [5.41, 5.74) is -0.623. The molecule has 0 aromatic rings. The van der Waals surface area contributed by atoms with Crippen molar-refractivity contribution >= 4 is 5.91 Å². The first-order chi connectivity index (χ1) is 8.02. The molecule has 0 spiro atoms. The van der Waals surface area contributed by atoms with Crippen molar-refractivity contribution in [2.45, 2.75) is 38.2 Å². The second-order valence-electron chi connectivity index (χ2n) is 5.83. The summed E-state index contributed by atoms with van der Waals surface area (Å²) >= 11 is 0. The number of hydrogen-bond acceptors (Lipinski definition) is 3. The fraction of sp³-hybridized carbons (Fsp3) is 0.923. The van der Waals surface area contributed by atoms with Gasteiger partial charge < -0.3 is 15.3 Å². The molecule has 0 aromatic carbocycles. The van der Waals surface area contributed by atoms with Gasteiger partial charge in [-0.05, 0) is 31.8 Å². The molecule has 17 heavy (non-hydrogen) atoms. The first-order valence-corrected chi connectivity index (χ1v) is 6.70. The molecule has 1 saturated carbocycles. The molecule has 2 aliphatic rings. The lowest BCUT2D eigenvalue weighted by atomic mass is 9.87. The molecule has 4 heteroatoms. The van der Waals surface area contributed by atoms with Crippen molar-refractivity contribution in [2.75, 3.05) is 26.7 Å². The molecule has 1 unspecified atom stereocenters. The van der Waals surface area contributed by atoms with Gasteiger partial charge in [-0.25, -0.2) is 0 Å². The van der Waals surface area contributed by atoms with E-state index in [1.807, 2.05) is 14.0 Å². The Balaban J connectivity index is 1.85. The standard InChI is InChI=1S/C13H24N2O2/c1-10(11-7-14-8-11)12(16)15(2)9-13(17)5-3-4-6-13/h10-11,14,17H,3-9H2,1-2H3. The number of hydrogen-bond donors (Lipinski definition) is 2. The summed E-state index contributed by atoms with van der Waals surface area (Å²) in [7, 11) is 1.82. The van der Waals surface area contributed by atoms with Crippen LogP contribution in [0.5, 0.6) is 0 Å². The first-order valence-electron chi connectivity index (χ1n) is 6.70. The molecule has 2 N–H and O–H groups in total. The van der Waals surface area contributed by atoms with Crippen molar-refractivity contribution in [2.24, 2.45) is 11.8 Å². The third-order valence-electron chi connectivity index (χ3n) is 4.35. The van der Waals surface area contributed by atoms with Crippen LogP contribution in [0, 0.1) is 11.8 Å². The average molecular weight is 240 g/mol. The largest absolute Gasteiger partial charge is 0.388 e. The van der Waals surface area contributed by atoms with Gasteiger partial charge >= 0.3 is 0 Å². The second-order valence-corrected chi connectivity index (χ2v) is 5.83. The van der Waals surface area contributed by atoms with Crippen LogP contribution in [-0.2, 0) is 4.79 Å². The lowest BCUT2D eigenvalue weighted by Gasteiger charge is -2.36. The van der Waals surface area contributed by atoms with E-state index in [0.29, 0.717) is 12.5 Å². The molecule has 0 bridgehead atoms. The maximum absolute atomic E-state index is 12.2. The molecule has 4 nitrogen and oxygen atoms in total. The Kier molecular flexibility index (Phi) is 3.73. The fourth-order valence-corrected chi connectivity index (χ4v) is 2.92. The van der Waals surface area contributed by atoms with Gasteiger partial charge in [-0.3, -0.25) is 4.79 Å². The van der Waals surface area contributed by atoms with Crippen LogP contribution in [-0.4, -0.2) is 48.2 Å². The number of nitrogens with zero attached hydrogens (tertiary/aromatic N) is 1. The predicted molar refractivity (Wildman–Crippen MR) is 66.6 cm³/mol. The Morgan fingerprint density at radius 1 is 1.47 bits per heavy atom. The maximum Gasteiger partial charge on any atom is 0.225 e. The molecule has 1 atom stereocenters. The number of carbonyl (C=O) groups is 1. The van der Waals surface area contributed by atoms with Crippen LogP contribution in [0.15, 0.2) is 0 Å². The van der Waals surface area contributed by atoms with Gasteiger partial charge in [0.05, 0.1) is 5.60 Å². The Hall–Kier alpha value is -0.610. The van der Waals surface area contributed by atoms with E-state index in [4.69, 9.17) is 0 Å². The monoisotopic (exact) mass is 240 g/mol. The van der Waals surface area contributed by atoms with Gasteiger partial charge in [0.25, 0.3) is 0 Å². The predicted octanol–water partition coefficient (Wildman–Crippen LogP) is 0.605. The number of carbonyl (C=O) groups excluding carboxylic acids is 1. The van der Waals surface area contributed by atoms with E-state index >= 15 is 0 Å². The van der Waals surface area contributed by atoms with Crippen molar-refractivity contribution in [1.29, 1.82) is 0 Å². The van der Waals surface area contributed by atoms with Crippen LogP contribution in [0.3, 0.4) is 0 Å². The molecular formula is C13H24N2O2. The van der Waals surface area contributed by atoms with Gasteiger partial charge in [-0.15, -0.1) is 0 Å². The first kappa shape index (κ1) is 12.8. The van der Waals surface area contributed by atoms with E-state index in [-0.39, 0.29) is 11.8 Å². The summed E-state index contributed by atoms with van der Waals surface area (Å²) < 4.78 is 0. The molecule has 98 valence electrons. The lowest BCUT2D eigenvalue weighted by molar-refractivity contribution is -0.139. The van der Waals surface area contributed by atoms with Crippen molar-refractivity contribution in [1.82, 2.24) is 10.2 Å². The molecule has 1 aliphatic carbocycles. The summed E-state index contributed by atoms with van der Waals surface area (Å²) in [5.74, 6) is 0.728. The number of likely N-dealkylation sites (N-methyl/N-ethyl adjacent to an activating group) is 1. The number of aliphatic hydroxyl groups is 1. The molecule has 1 amide bonds. The zero-order valence-corrected chi connectivity index (χ0v) is 10.9.